The minimum absolute atomic E-state index is 0.0338. The Hall–Kier alpha value is -2.73. The molecule has 0 fully saturated rings. The molecule has 0 saturated carbocycles. The van der Waals surface area contributed by atoms with Gasteiger partial charge in [-0.05, 0) is 44.9 Å². The van der Waals surface area contributed by atoms with Gasteiger partial charge in [0.2, 0.25) is 11.8 Å². The van der Waals surface area contributed by atoms with Gasteiger partial charge in [-0.15, -0.1) is 24.7 Å². The number of carbonyl (C=O) groups is 3. The lowest BCUT2D eigenvalue weighted by atomic mass is 10.00. The van der Waals surface area contributed by atoms with E-state index in [0.717, 1.165) is 51.4 Å². The van der Waals surface area contributed by atoms with Gasteiger partial charge in [-0.3, -0.25) is 19.3 Å². The fraction of sp³-hybridized carbons (Fsp3) is 0.667. The first-order valence-electron chi connectivity index (χ1n) is 12.1. The summed E-state index contributed by atoms with van der Waals surface area (Å²) in [6, 6.07) is -0.381. The number of imide groups is 1. The molecule has 1 heterocycles. The van der Waals surface area contributed by atoms with Crippen LogP contribution in [0, 0.1) is 36.5 Å². The quantitative estimate of drug-likeness (QED) is 0.279. The van der Waals surface area contributed by atoms with Crippen LogP contribution in [-0.2, 0) is 19.1 Å². The van der Waals surface area contributed by atoms with Gasteiger partial charge in [0.25, 0.3) is 5.91 Å². The summed E-state index contributed by atoms with van der Waals surface area (Å²) in [6.07, 6.45) is 20.7. The Morgan fingerprint density at radius 3 is 2.21 bits per heavy atom. The Kier molecular flexibility index (Phi) is 13.7. The van der Waals surface area contributed by atoms with E-state index < -0.39 is 0 Å². The lowest BCUT2D eigenvalue weighted by Crippen LogP contribution is -2.43. The van der Waals surface area contributed by atoms with Crippen LogP contribution in [0.2, 0.25) is 0 Å². The first-order chi connectivity index (χ1) is 15.9. The summed E-state index contributed by atoms with van der Waals surface area (Å²) in [7, 11) is 1.52. The van der Waals surface area contributed by atoms with Crippen LogP contribution in [0.1, 0.15) is 84.5 Å². The number of carbonyl (C=O) groups excluding carboxylic acids is 3. The molecule has 0 aliphatic carbocycles. The average molecular weight is 457 g/mol. The van der Waals surface area contributed by atoms with Crippen LogP contribution >= 0.6 is 0 Å². The Labute approximate surface area is 199 Å². The number of hydrogen-bond donors (Lipinski definition) is 1. The predicted octanol–water partition coefficient (Wildman–Crippen LogP) is 4.20. The molecule has 1 rings (SSSR count). The van der Waals surface area contributed by atoms with Crippen molar-refractivity contribution >= 4 is 17.7 Å². The molecule has 33 heavy (non-hydrogen) atoms. The van der Waals surface area contributed by atoms with E-state index in [2.05, 4.69) is 17.2 Å². The molecule has 0 saturated heterocycles. The molecule has 0 spiro atoms. The molecular weight excluding hydrogens is 416 g/mol. The van der Waals surface area contributed by atoms with E-state index in [1.165, 1.54) is 18.1 Å². The minimum Gasteiger partial charge on any atom is -0.499 e. The Morgan fingerprint density at radius 2 is 1.64 bits per heavy atom. The third kappa shape index (κ3) is 9.74. The monoisotopic (exact) mass is 456 g/mol. The Balaban J connectivity index is 2.47. The molecule has 1 aliphatic heterocycles. The zero-order valence-electron chi connectivity index (χ0n) is 20.5. The standard InChI is InChI=1S/C27H40N2O4/c1-6-8-10-12-16-21(3)26(31)28-19-15-14-18-23-24(33-5)20-25(30)29(23)27(32)22(4)17-13-11-9-7-2/h1-2,20-23H,8-19H2,3-5H3,(H,28,31)/t21-,22-,23?/m1/s1. The van der Waals surface area contributed by atoms with Gasteiger partial charge in [0.05, 0.1) is 13.2 Å². The first-order valence-corrected chi connectivity index (χ1v) is 12.1. The van der Waals surface area contributed by atoms with Gasteiger partial charge in [0, 0.05) is 37.3 Å². The maximum absolute atomic E-state index is 13.0. The second kappa shape index (κ2) is 16.0. The zero-order valence-corrected chi connectivity index (χ0v) is 20.5. The number of ether oxygens (including phenoxy) is 1. The molecule has 3 amide bonds. The number of methoxy groups -OCH3 is 1. The number of rotatable bonds is 16. The summed E-state index contributed by atoms with van der Waals surface area (Å²) in [5, 5.41) is 2.98. The topological polar surface area (TPSA) is 75.7 Å². The highest BCUT2D eigenvalue weighted by Crippen LogP contribution is 2.27. The molecule has 0 aromatic carbocycles. The van der Waals surface area contributed by atoms with E-state index in [0.29, 0.717) is 31.6 Å². The highest BCUT2D eigenvalue weighted by molar-refractivity contribution is 6.04. The van der Waals surface area contributed by atoms with Gasteiger partial charge in [0.15, 0.2) is 0 Å². The van der Waals surface area contributed by atoms with Crippen molar-refractivity contribution in [2.24, 2.45) is 11.8 Å². The summed E-state index contributed by atoms with van der Waals surface area (Å²) < 4.78 is 5.39. The number of unbranched alkanes of at least 4 members (excludes halogenated alkanes) is 5. The van der Waals surface area contributed by atoms with Gasteiger partial charge in [0.1, 0.15) is 5.76 Å². The lowest BCUT2D eigenvalue weighted by Gasteiger charge is -2.27. The summed E-state index contributed by atoms with van der Waals surface area (Å²) in [6.45, 7) is 4.36. The van der Waals surface area contributed by atoms with Crippen molar-refractivity contribution in [3.8, 4) is 24.7 Å². The molecule has 0 aromatic heterocycles. The zero-order chi connectivity index (χ0) is 24.6. The Morgan fingerprint density at radius 1 is 1.03 bits per heavy atom. The molecule has 1 unspecified atom stereocenters. The molecule has 182 valence electrons. The number of terminal acetylenes is 2. The molecule has 1 N–H and O–H groups in total. The maximum Gasteiger partial charge on any atom is 0.257 e. The summed E-state index contributed by atoms with van der Waals surface area (Å²) in [4.78, 5) is 39.1. The molecule has 3 atom stereocenters. The minimum atomic E-state index is -0.381. The van der Waals surface area contributed by atoms with Gasteiger partial charge < -0.3 is 10.1 Å². The summed E-state index contributed by atoms with van der Waals surface area (Å²) in [5.41, 5.74) is 0. The maximum atomic E-state index is 13.0. The van der Waals surface area contributed by atoms with Crippen LogP contribution < -0.4 is 5.32 Å². The van der Waals surface area contributed by atoms with Crippen LogP contribution in [0.5, 0.6) is 0 Å². The number of hydrogen-bond acceptors (Lipinski definition) is 4. The lowest BCUT2D eigenvalue weighted by molar-refractivity contribution is -0.146. The van der Waals surface area contributed by atoms with Gasteiger partial charge in [-0.1, -0.05) is 26.7 Å². The van der Waals surface area contributed by atoms with Crippen molar-refractivity contribution in [2.75, 3.05) is 13.7 Å². The largest absolute Gasteiger partial charge is 0.499 e. The van der Waals surface area contributed by atoms with Crippen LogP contribution in [0.25, 0.3) is 0 Å². The number of amides is 3. The SMILES string of the molecule is C#CCCCC[C@@H](C)C(=O)NCCCCC1C(OC)=CC(=O)N1C(=O)[C@H](C)CCCCC#C. The van der Waals surface area contributed by atoms with Gasteiger partial charge in [-0.2, -0.15) is 0 Å². The van der Waals surface area contributed by atoms with Crippen molar-refractivity contribution in [3.63, 3.8) is 0 Å². The molecule has 6 nitrogen and oxygen atoms in total. The molecule has 0 aromatic rings. The van der Waals surface area contributed by atoms with E-state index in [4.69, 9.17) is 17.6 Å². The second-order valence-corrected chi connectivity index (χ2v) is 8.80. The molecule has 0 radical (unpaired) electrons. The third-order valence-corrected chi connectivity index (χ3v) is 6.11. The molecule has 1 aliphatic rings. The molecule has 6 heteroatoms. The van der Waals surface area contributed by atoms with E-state index >= 15 is 0 Å². The van der Waals surface area contributed by atoms with Crippen molar-refractivity contribution in [1.82, 2.24) is 10.2 Å². The fourth-order valence-electron chi connectivity index (χ4n) is 3.99. The van der Waals surface area contributed by atoms with Crippen LogP contribution in [-0.4, -0.2) is 42.3 Å². The van der Waals surface area contributed by atoms with Crippen molar-refractivity contribution in [1.29, 1.82) is 0 Å². The average Bonchev–Trinajstić information content (AvgIpc) is 3.13. The highest BCUT2D eigenvalue weighted by atomic mass is 16.5. The fourth-order valence-corrected chi connectivity index (χ4v) is 3.99. The normalized spacial score (nSPS) is 17.0. The Bertz CT molecular complexity index is 759. The van der Waals surface area contributed by atoms with E-state index in [1.54, 1.807) is 0 Å². The molecule has 0 bridgehead atoms. The van der Waals surface area contributed by atoms with Crippen LogP contribution in [0.3, 0.4) is 0 Å². The van der Waals surface area contributed by atoms with Crippen molar-refractivity contribution < 1.29 is 19.1 Å². The van der Waals surface area contributed by atoms with Crippen molar-refractivity contribution in [3.05, 3.63) is 11.8 Å². The smallest absolute Gasteiger partial charge is 0.257 e. The van der Waals surface area contributed by atoms with Gasteiger partial charge in [-0.25, -0.2) is 0 Å². The first kappa shape index (κ1) is 28.3. The van der Waals surface area contributed by atoms with Gasteiger partial charge >= 0.3 is 0 Å². The summed E-state index contributed by atoms with van der Waals surface area (Å²) in [5.74, 6) is 5.04. The number of nitrogens with zero attached hydrogens (tertiary/aromatic N) is 1. The van der Waals surface area contributed by atoms with E-state index in [1.807, 2.05) is 13.8 Å². The second-order valence-electron chi connectivity index (χ2n) is 8.80. The third-order valence-electron chi connectivity index (χ3n) is 6.11. The highest BCUT2D eigenvalue weighted by Gasteiger charge is 2.39. The van der Waals surface area contributed by atoms with E-state index in [-0.39, 0.29) is 35.6 Å². The summed E-state index contributed by atoms with van der Waals surface area (Å²) >= 11 is 0. The number of nitrogens with one attached hydrogen (secondary N) is 1. The molecular formula is C27H40N2O4. The van der Waals surface area contributed by atoms with Crippen LogP contribution in [0.4, 0.5) is 0 Å². The van der Waals surface area contributed by atoms with Crippen LogP contribution in [0.15, 0.2) is 11.8 Å². The van der Waals surface area contributed by atoms with Crippen molar-refractivity contribution in [2.45, 2.75) is 90.5 Å². The predicted molar refractivity (Wildman–Crippen MR) is 131 cm³/mol. The van der Waals surface area contributed by atoms with E-state index in [9.17, 15) is 14.4 Å².